The Hall–Kier alpha value is -2.95. The van der Waals surface area contributed by atoms with Crippen molar-refractivity contribution < 1.29 is 9.90 Å². The van der Waals surface area contributed by atoms with E-state index < -0.39 is 11.5 Å². The zero-order chi connectivity index (χ0) is 14.3. The second-order valence-electron chi connectivity index (χ2n) is 4.39. The molecule has 0 saturated carbocycles. The molecule has 2 N–H and O–H groups in total. The molecule has 0 aliphatic carbocycles. The number of benzene rings is 2. The monoisotopic (exact) mass is 267 g/mol. The Balaban J connectivity index is 2.61. The third-order valence-electron chi connectivity index (χ3n) is 3.18. The molecule has 0 aliphatic heterocycles. The number of aromatic nitrogens is 1. The van der Waals surface area contributed by atoms with Crippen LogP contribution in [-0.2, 0) is 0 Å². The van der Waals surface area contributed by atoms with E-state index in [4.69, 9.17) is 5.11 Å². The van der Waals surface area contributed by atoms with Crippen LogP contribution in [0.2, 0.25) is 0 Å². The lowest BCUT2D eigenvalue weighted by atomic mass is 10.1. The average molecular weight is 267 g/mol. The standard InChI is InChI=1S/C15H9NO4/c17-13-9-3-1-2-4-10(9)14(18)16-12-7-8(15(19)20)5-6-11(12)13/h1-7H,(H,16,18)(H,19,20). The van der Waals surface area contributed by atoms with Crippen LogP contribution in [0.25, 0.3) is 21.7 Å². The van der Waals surface area contributed by atoms with Gasteiger partial charge in [0.2, 0.25) is 0 Å². The van der Waals surface area contributed by atoms with Gasteiger partial charge in [0.1, 0.15) is 0 Å². The van der Waals surface area contributed by atoms with Crippen molar-refractivity contribution in [3.63, 3.8) is 0 Å². The number of fused-ring (bicyclic) bond motifs is 2. The van der Waals surface area contributed by atoms with Gasteiger partial charge in [-0.05, 0) is 24.3 Å². The van der Waals surface area contributed by atoms with Crippen LogP contribution in [0.5, 0.6) is 0 Å². The number of nitrogens with one attached hydrogen (secondary N) is 1. The van der Waals surface area contributed by atoms with Crippen LogP contribution in [0.1, 0.15) is 10.4 Å². The third kappa shape index (κ3) is 1.76. The second-order valence-corrected chi connectivity index (χ2v) is 4.39. The summed E-state index contributed by atoms with van der Waals surface area (Å²) in [5, 5.41) is 9.84. The van der Waals surface area contributed by atoms with Gasteiger partial charge in [0.05, 0.1) is 16.5 Å². The van der Waals surface area contributed by atoms with E-state index in [0.29, 0.717) is 5.39 Å². The average Bonchev–Trinajstić information content (AvgIpc) is 2.55. The highest BCUT2D eigenvalue weighted by molar-refractivity contribution is 5.95. The molecule has 0 unspecified atom stereocenters. The molecule has 0 aliphatic rings. The van der Waals surface area contributed by atoms with Gasteiger partial charge < -0.3 is 10.1 Å². The van der Waals surface area contributed by atoms with Gasteiger partial charge in [-0.3, -0.25) is 9.59 Å². The number of aromatic carboxylic acids is 1. The number of carboxylic acid groups (broad SMARTS) is 1. The second kappa shape index (κ2) is 4.31. The first-order valence-corrected chi connectivity index (χ1v) is 5.90. The van der Waals surface area contributed by atoms with Gasteiger partial charge in [-0.25, -0.2) is 4.79 Å². The maximum absolute atomic E-state index is 12.4. The summed E-state index contributed by atoms with van der Waals surface area (Å²) in [5.41, 5.74) is -0.486. The fourth-order valence-corrected chi connectivity index (χ4v) is 2.19. The van der Waals surface area contributed by atoms with Crippen molar-refractivity contribution in [2.45, 2.75) is 0 Å². The molecule has 0 fully saturated rings. The summed E-state index contributed by atoms with van der Waals surface area (Å²) in [7, 11) is 0. The Morgan fingerprint density at radius 2 is 1.65 bits per heavy atom. The molecule has 1 heterocycles. The van der Waals surface area contributed by atoms with Crippen LogP contribution < -0.4 is 11.0 Å². The zero-order valence-corrected chi connectivity index (χ0v) is 10.2. The van der Waals surface area contributed by atoms with E-state index in [2.05, 4.69) is 4.98 Å². The number of carboxylic acids is 1. The van der Waals surface area contributed by atoms with Crippen molar-refractivity contribution in [2.75, 3.05) is 0 Å². The summed E-state index contributed by atoms with van der Waals surface area (Å²) in [6.45, 7) is 0. The molecule has 3 aromatic rings. The van der Waals surface area contributed by atoms with Gasteiger partial charge in [-0.15, -0.1) is 0 Å². The molecule has 3 rings (SSSR count). The molecule has 0 radical (unpaired) electrons. The highest BCUT2D eigenvalue weighted by Gasteiger charge is 2.08. The number of hydrogen-bond acceptors (Lipinski definition) is 3. The van der Waals surface area contributed by atoms with E-state index >= 15 is 0 Å². The fourth-order valence-electron chi connectivity index (χ4n) is 2.19. The van der Waals surface area contributed by atoms with E-state index in [0.717, 1.165) is 0 Å². The molecular weight excluding hydrogens is 258 g/mol. The normalized spacial score (nSPS) is 10.8. The molecule has 0 amide bonds. The number of H-pyrrole nitrogens is 1. The van der Waals surface area contributed by atoms with Crippen molar-refractivity contribution in [1.82, 2.24) is 4.98 Å². The minimum Gasteiger partial charge on any atom is -0.478 e. The van der Waals surface area contributed by atoms with Crippen molar-refractivity contribution in [3.8, 4) is 0 Å². The van der Waals surface area contributed by atoms with Crippen LogP contribution in [0.15, 0.2) is 52.1 Å². The molecule has 5 nitrogen and oxygen atoms in total. The summed E-state index contributed by atoms with van der Waals surface area (Å²) in [6.07, 6.45) is 0. The predicted octanol–water partition coefficient (Wildman–Crippen LogP) is 1.74. The molecule has 0 atom stereocenters. The maximum atomic E-state index is 12.4. The largest absolute Gasteiger partial charge is 0.478 e. The Labute approximate surface area is 112 Å². The van der Waals surface area contributed by atoms with Crippen LogP contribution in [0.3, 0.4) is 0 Å². The van der Waals surface area contributed by atoms with Crippen molar-refractivity contribution in [3.05, 3.63) is 68.6 Å². The summed E-state index contributed by atoms with van der Waals surface area (Å²) in [6, 6.07) is 10.6. The van der Waals surface area contributed by atoms with Crippen LogP contribution >= 0.6 is 0 Å². The SMILES string of the molecule is O=C(O)c1ccc2c(=O)c3ccccc3c(=O)[nH]c2c1. The minimum atomic E-state index is -1.11. The highest BCUT2D eigenvalue weighted by Crippen LogP contribution is 2.12. The smallest absolute Gasteiger partial charge is 0.335 e. The predicted molar refractivity (Wildman–Crippen MR) is 75.3 cm³/mol. The van der Waals surface area contributed by atoms with E-state index in [1.165, 1.54) is 18.2 Å². The fraction of sp³-hybridized carbons (Fsp3) is 0. The van der Waals surface area contributed by atoms with E-state index in [9.17, 15) is 14.4 Å². The number of hydrogen-bond donors (Lipinski definition) is 2. The summed E-state index contributed by atoms with van der Waals surface area (Å²) in [4.78, 5) is 38.0. The maximum Gasteiger partial charge on any atom is 0.335 e. The van der Waals surface area contributed by atoms with Crippen molar-refractivity contribution >= 4 is 27.6 Å². The van der Waals surface area contributed by atoms with Gasteiger partial charge >= 0.3 is 5.97 Å². The Kier molecular flexibility index (Phi) is 2.61. The molecule has 98 valence electrons. The summed E-state index contributed by atoms with van der Waals surface area (Å²) < 4.78 is 0. The molecule has 1 aromatic heterocycles. The Morgan fingerprint density at radius 3 is 2.35 bits per heavy atom. The molecule has 20 heavy (non-hydrogen) atoms. The van der Waals surface area contributed by atoms with Crippen LogP contribution in [0.4, 0.5) is 0 Å². The van der Waals surface area contributed by atoms with Gasteiger partial charge in [-0.1, -0.05) is 18.2 Å². The molecule has 5 heteroatoms. The first-order valence-electron chi connectivity index (χ1n) is 5.90. The van der Waals surface area contributed by atoms with Gasteiger partial charge in [0.25, 0.3) is 5.56 Å². The quantitative estimate of drug-likeness (QED) is 0.703. The third-order valence-corrected chi connectivity index (χ3v) is 3.18. The van der Waals surface area contributed by atoms with E-state index in [-0.39, 0.29) is 27.3 Å². The van der Waals surface area contributed by atoms with Crippen molar-refractivity contribution in [1.29, 1.82) is 0 Å². The Morgan fingerprint density at radius 1 is 0.950 bits per heavy atom. The van der Waals surface area contributed by atoms with Crippen LogP contribution in [-0.4, -0.2) is 16.1 Å². The van der Waals surface area contributed by atoms with Crippen molar-refractivity contribution in [2.24, 2.45) is 0 Å². The highest BCUT2D eigenvalue weighted by atomic mass is 16.4. The number of carbonyl (C=O) groups is 1. The van der Waals surface area contributed by atoms with E-state index in [1.54, 1.807) is 24.3 Å². The molecule has 2 aromatic carbocycles. The Bertz CT molecular complexity index is 973. The van der Waals surface area contributed by atoms with Gasteiger partial charge in [0, 0.05) is 10.8 Å². The lowest BCUT2D eigenvalue weighted by Gasteiger charge is -1.95. The first-order chi connectivity index (χ1) is 9.58. The molecule has 0 saturated heterocycles. The topological polar surface area (TPSA) is 87.2 Å². The lowest BCUT2D eigenvalue weighted by Crippen LogP contribution is -2.02. The molecule has 0 bridgehead atoms. The summed E-state index contributed by atoms with van der Waals surface area (Å²) in [5.74, 6) is -1.11. The summed E-state index contributed by atoms with van der Waals surface area (Å²) >= 11 is 0. The zero-order valence-electron chi connectivity index (χ0n) is 10.2. The minimum absolute atomic E-state index is 0.0165. The van der Waals surface area contributed by atoms with E-state index in [1.807, 2.05) is 0 Å². The molecular formula is C15H9NO4. The number of aromatic amines is 1. The number of rotatable bonds is 1. The lowest BCUT2D eigenvalue weighted by molar-refractivity contribution is 0.0697. The van der Waals surface area contributed by atoms with Gasteiger partial charge in [0.15, 0.2) is 5.43 Å². The first kappa shape index (κ1) is 12.1. The molecule has 0 spiro atoms. The van der Waals surface area contributed by atoms with Gasteiger partial charge in [-0.2, -0.15) is 0 Å². The van der Waals surface area contributed by atoms with Crippen LogP contribution in [0, 0.1) is 0 Å².